The van der Waals surface area contributed by atoms with E-state index in [-0.39, 0.29) is 22.8 Å². The van der Waals surface area contributed by atoms with Crippen LogP contribution in [0.2, 0.25) is 0 Å². The number of methoxy groups -OCH3 is 3. The molecule has 9 heteroatoms. The minimum Gasteiger partial charge on any atom is -0.493 e. The molecular formula is C10H13O8P. The molecule has 0 atom stereocenters. The summed E-state index contributed by atoms with van der Waals surface area (Å²) in [6, 6.07) is 2.44. The van der Waals surface area contributed by atoms with E-state index in [0.29, 0.717) is 0 Å². The molecule has 0 saturated heterocycles. The van der Waals surface area contributed by atoms with Gasteiger partial charge in [0, 0.05) is 0 Å². The molecule has 0 heterocycles. The summed E-state index contributed by atoms with van der Waals surface area (Å²) in [5, 5.41) is 0. The Morgan fingerprint density at radius 1 is 1.05 bits per heavy atom. The summed E-state index contributed by atoms with van der Waals surface area (Å²) in [4.78, 5) is 28.7. The van der Waals surface area contributed by atoms with Crippen LogP contribution < -0.4 is 14.2 Å². The molecule has 106 valence electrons. The Morgan fingerprint density at radius 3 is 1.84 bits per heavy atom. The maximum absolute atomic E-state index is 11.5. The molecule has 19 heavy (non-hydrogen) atoms. The summed E-state index contributed by atoms with van der Waals surface area (Å²) in [5.41, 5.74) is -0.141. The maximum Gasteiger partial charge on any atom is 0.527 e. The van der Waals surface area contributed by atoms with Crippen molar-refractivity contribution in [2.75, 3.05) is 21.3 Å². The lowest BCUT2D eigenvalue weighted by Crippen LogP contribution is -2.05. The van der Waals surface area contributed by atoms with Gasteiger partial charge in [-0.1, -0.05) is 0 Å². The van der Waals surface area contributed by atoms with Crippen LogP contribution >= 0.6 is 7.82 Å². The number of hydrogen-bond acceptors (Lipinski definition) is 6. The molecule has 0 fully saturated rings. The fourth-order valence-electron chi connectivity index (χ4n) is 1.36. The fraction of sp³-hybridized carbons (Fsp3) is 0.300. The van der Waals surface area contributed by atoms with E-state index < -0.39 is 13.8 Å². The number of hydrogen-bond donors (Lipinski definition) is 2. The molecule has 0 unspecified atom stereocenters. The van der Waals surface area contributed by atoms with E-state index in [0.717, 1.165) is 0 Å². The smallest absolute Gasteiger partial charge is 0.493 e. The zero-order valence-corrected chi connectivity index (χ0v) is 11.3. The lowest BCUT2D eigenvalue weighted by atomic mass is 10.2. The molecule has 0 aliphatic heterocycles. The summed E-state index contributed by atoms with van der Waals surface area (Å²) in [6.45, 7) is 0. The Hall–Kier alpha value is -1.76. The van der Waals surface area contributed by atoms with Crippen LogP contribution in [0.4, 0.5) is 0 Å². The van der Waals surface area contributed by atoms with E-state index in [4.69, 9.17) is 24.0 Å². The molecule has 2 N–H and O–H groups in total. The summed E-state index contributed by atoms with van der Waals surface area (Å²) in [6.07, 6.45) is 0. The van der Waals surface area contributed by atoms with Gasteiger partial charge in [-0.05, 0) is 12.1 Å². The molecular weight excluding hydrogens is 279 g/mol. The van der Waals surface area contributed by atoms with Crippen molar-refractivity contribution in [3.63, 3.8) is 0 Å². The number of benzene rings is 1. The molecule has 1 rings (SSSR count). The van der Waals surface area contributed by atoms with Gasteiger partial charge < -0.3 is 18.7 Å². The van der Waals surface area contributed by atoms with Gasteiger partial charge in [0.1, 0.15) is 0 Å². The summed E-state index contributed by atoms with van der Waals surface area (Å²) in [7, 11) is -0.847. The van der Waals surface area contributed by atoms with Gasteiger partial charge in [0.25, 0.3) is 0 Å². The third kappa shape index (κ3) is 3.85. The lowest BCUT2D eigenvalue weighted by Gasteiger charge is -2.13. The Morgan fingerprint density at radius 2 is 1.53 bits per heavy atom. The van der Waals surface area contributed by atoms with Crippen molar-refractivity contribution in [1.29, 1.82) is 0 Å². The van der Waals surface area contributed by atoms with Gasteiger partial charge in [0.05, 0.1) is 26.9 Å². The predicted molar refractivity (Wildman–Crippen MR) is 63.6 cm³/mol. The van der Waals surface area contributed by atoms with Crippen LogP contribution in [0, 0.1) is 0 Å². The van der Waals surface area contributed by atoms with Gasteiger partial charge in [0.15, 0.2) is 11.5 Å². The molecule has 0 amide bonds. The van der Waals surface area contributed by atoms with Crippen molar-refractivity contribution in [3.8, 4) is 17.2 Å². The summed E-state index contributed by atoms with van der Waals surface area (Å²) >= 11 is 0. The topological polar surface area (TPSA) is 112 Å². The first-order chi connectivity index (χ1) is 8.82. The molecule has 0 spiro atoms. The average Bonchev–Trinajstić information content (AvgIpc) is 2.34. The van der Waals surface area contributed by atoms with Crippen molar-refractivity contribution in [2.24, 2.45) is 0 Å². The third-order valence-corrected chi connectivity index (χ3v) is 2.51. The highest BCUT2D eigenvalue weighted by molar-refractivity contribution is 7.46. The minimum atomic E-state index is -4.92. The highest BCUT2D eigenvalue weighted by Crippen LogP contribution is 2.41. The van der Waals surface area contributed by atoms with E-state index in [2.05, 4.69) is 4.52 Å². The minimum absolute atomic E-state index is 0.141. The standard InChI is InChI=1S/C10H13O8P/c1-15-7-4-6(10(11)18-19(12,13)14)5-8(16-2)9(7)17-3/h4-5H,1-3H3,(H2,12,13,14). The number of carbonyl (C=O) groups excluding carboxylic acids is 1. The molecule has 0 radical (unpaired) electrons. The van der Waals surface area contributed by atoms with Crippen molar-refractivity contribution >= 4 is 13.8 Å². The van der Waals surface area contributed by atoms with Gasteiger partial charge >= 0.3 is 13.8 Å². The number of carbonyl (C=O) groups is 1. The largest absolute Gasteiger partial charge is 0.527 e. The van der Waals surface area contributed by atoms with Crippen LogP contribution in [0.25, 0.3) is 0 Å². The van der Waals surface area contributed by atoms with E-state index in [1.54, 1.807) is 0 Å². The van der Waals surface area contributed by atoms with Crippen LogP contribution in [0.1, 0.15) is 10.4 Å². The third-order valence-electron chi connectivity index (χ3n) is 2.10. The Labute approximate surface area is 109 Å². The van der Waals surface area contributed by atoms with Crippen LogP contribution in [-0.4, -0.2) is 37.1 Å². The van der Waals surface area contributed by atoms with Gasteiger partial charge in [-0.15, -0.1) is 0 Å². The second-order valence-corrected chi connectivity index (χ2v) is 4.45. The molecule has 0 bridgehead atoms. The van der Waals surface area contributed by atoms with Crippen LogP contribution in [0.15, 0.2) is 12.1 Å². The summed E-state index contributed by atoms with van der Waals surface area (Å²) in [5.74, 6) is -0.621. The van der Waals surface area contributed by atoms with Gasteiger partial charge in [-0.3, -0.25) is 9.79 Å². The molecule has 8 nitrogen and oxygen atoms in total. The van der Waals surface area contributed by atoms with Crippen LogP contribution in [-0.2, 0) is 9.09 Å². The van der Waals surface area contributed by atoms with E-state index in [9.17, 15) is 9.36 Å². The Balaban J connectivity index is 3.23. The number of phosphoric acid groups is 1. The van der Waals surface area contributed by atoms with Gasteiger partial charge in [-0.25, -0.2) is 9.36 Å². The quantitative estimate of drug-likeness (QED) is 0.772. The van der Waals surface area contributed by atoms with Gasteiger partial charge in [0.2, 0.25) is 5.75 Å². The second-order valence-electron chi connectivity index (χ2n) is 3.28. The average molecular weight is 292 g/mol. The zero-order valence-electron chi connectivity index (χ0n) is 10.4. The van der Waals surface area contributed by atoms with Crippen molar-refractivity contribution < 1.29 is 37.9 Å². The molecule has 0 aliphatic carbocycles. The molecule has 0 saturated carbocycles. The van der Waals surface area contributed by atoms with E-state index in [1.165, 1.54) is 33.5 Å². The van der Waals surface area contributed by atoms with Crippen molar-refractivity contribution in [1.82, 2.24) is 0 Å². The highest BCUT2D eigenvalue weighted by Gasteiger charge is 2.24. The number of rotatable bonds is 5. The Kier molecular flexibility index (Phi) is 4.77. The second kappa shape index (κ2) is 5.92. The maximum atomic E-state index is 11.5. The molecule has 0 aliphatic rings. The first-order valence-corrected chi connectivity index (χ1v) is 6.45. The van der Waals surface area contributed by atoms with E-state index in [1.807, 2.05) is 0 Å². The van der Waals surface area contributed by atoms with E-state index >= 15 is 0 Å². The fourth-order valence-corrected chi connectivity index (χ4v) is 1.68. The highest BCUT2D eigenvalue weighted by atomic mass is 31.2. The van der Waals surface area contributed by atoms with Crippen LogP contribution in [0.3, 0.4) is 0 Å². The van der Waals surface area contributed by atoms with Crippen molar-refractivity contribution in [2.45, 2.75) is 0 Å². The monoisotopic (exact) mass is 292 g/mol. The predicted octanol–water partition coefficient (Wildman–Crippen LogP) is 0.962. The first kappa shape index (κ1) is 15.3. The normalized spacial score (nSPS) is 10.8. The summed E-state index contributed by atoms with van der Waals surface area (Å²) < 4.78 is 29.6. The SMILES string of the molecule is COc1cc(C(=O)OP(=O)(O)O)cc(OC)c1OC. The zero-order chi connectivity index (χ0) is 14.6. The van der Waals surface area contributed by atoms with Crippen LogP contribution in [0.5, 0.6) is 17.2 Å². The molecule has 0 aromatic heterocycles. The van der Waals surface area contributed by atoms with Crippen molar-refractivity contribution in [3.05, 3.63) is 17.7 Å². The first-order valence-electron chi connectivity index (χ1n) is 4.92. The number of phosphoric ester groups is 1. The molecule has 1 aromatic carbocycles. The van der Waals surface area contributed by atoms with Gasteiger partial charge in [-0.2, -0.15) is 0 Å². The number of ether oxygens (including phenoxy) is 3. The Bertz CT molecular complexity index is 495. The lowest BCUT2D eigenvalue weighted by molar-refractivity contribution is 0.0677. The molecule has 1 aromatic rings.